The molecule has 6 nitrogen and oxygen atoms in total. The van der Waals surface area contributed by atoms with Gasteiger partial charge in [-0.25, -0.2) is 8.42 Å². The Labute approximate surface area is 118 Å². The maximum Gasteiger partial charge on any atom is 0.246 e. The zero-order chi connectivity index (χ0) is 14.6. The second-order valence-corrected chi connectivity index (χ2v) is 6.28. The minimum atomic E-state index is -3.53. The number of benzene rings is 1. The highest BCUT2D eigenvalue weighted by atomic mass is 32.2. The van der Waals surface area contributed by atoms with Gasteiger partial charge in [0.1, 0.15) is 4.90 Å². The van der Waals surface area contributed by atoms with Crippen molar-refractivity contribution < 1.29 is 8.42 Å². The number of hydrogen-bond donors (Lipinski definition) is 2. The van der Waals surface area contributed by atoms with Gasteiger partial charge in [-0.05, 0) is 11.1 Å². The molecule has 0 unspecified atom stereocenters. The van der Waals surface area contributed by atoms with E-state index in [9.17, 15) is 8.42 Å². The summed E-state index contributed by atoms with van der Waals surface area (Å²) in [5.74, 6) is 0. The molecular weight excluding hydrogens is 276 g/mol. The van der Waals surface area contributed by atoms with Gasteiger partial charge in [-0.1, -0.05) is 31.2 Å². The van der Waals surface area contributed by atoms with E-state index < -0.39 is 10.0 Å². The van der Waals surface area contributed by atoms with Crippen LogP contribution in [0.1, 0.15) is 18.1 Å². The van der Waals surface area contributed by atoms with Crippen molar-refractivity contribution >= 4 is 10.0 Å². The maximum atomic E-state index is 12.5. The number of nitrogens with one attached hydrogen (secondary N) is 1. The smallest absolute Gasteiger partial charge is 0.246 e. The Morgan fingerprint density at radius 3 is 2.55 bits per heavy atom. The van der Waals surface area contributed by atoms with Gasteiger partial charge in [-0.15, -0.1) is 0 Å². The van der Waals surface area contributed by atoms with E-state index >= 15 is 0 Å². The molecule has 0 bridgehead atoms. The van der Waals surface area contributed by atoms with Crippen LogP contribution in [-0.2, 0) is 23.1 Å². The van der Waals surface area contributed by atoms with E-state index in [1.807, 2.05) is 31.2 Å². The van der Waals surface area contributed by atoms with Gasteiger partial charge >= 0.3 is 0 Å². The van der Waals surface area contributed by atoms with Crippen molar-refractivity contribution in [3.05, 3.63) is 47.8 Å². The predicted molar refractivity (Wildman–Crippen MR) is 76.2 cm³/mol. The second-order valence-electron chi connectivity index (χ2n) is 4.34. The van der Waals surface area contributed by atoms with Crippen molar-refractivity contribution in [2.75, 3.05) is 6.54 Å². The molecule has 0 fully saturated rings. The van der Waals surface area contributed by atoms with Gasteiger partial charge in [0, 0.05) is 25.8 Å². The molecule has 2 aromatic rings. The average Bonchev–Trinajstić information content (AvgIpc) is 2.99. The highest BCUT2D eigenvalue weighted by Crippen LogP contribution is 2.18. The van der Waals surface area contributed by atoms with E-state index in [1.54, 1.807) is 0 Å². The zero-order valence-corrected chi connectivity index (χ0v) is 12.1. The summed E-state index contributed by atoms with van der Waals surface area (Å²) >= 11 is 0. The summed E-state index contributed by atoms with van der Waals surface area (Å²) in [7, 11) is -3.53. The Morgan fingerprint density at radius 2 is 2.00 bits per heavy atom. The lowest BCUT2D eigenvalue weighted by Gasteiger charge is -2.21. The number of hydrogen-bond acceptors (Lipinski definition) is 4. The molecule has 0 amide bonds. The van der Waals surface area contributed by atoms with Crippen LogP contribution in [0.5, 0.6) is 0 Å². The van der Waals surface area contributed by atoms with Crippen LogP contribution in [0.25, 0.3) is 0 Å². The average molecular weight is 294 g/mol. The predicted octanol–water partition coefficient (Wildman–Crippen LogP) is 1.08. The fourth-order valence-electron chi connectivity index (χ4n) is 2.00. The molecule has 0 atom stereocenters. The van der Waals surface area contributed by atoms with Crippen LogP contribution >= 0.6 is 0 Å². The first kappa shape index (κ1) is 14.7. The molecule has 0 radical (unpaired) electrons. The van der Waals surface area contributed by atoms with E-state index in [0.29, 0.717) is 19.6 Å². The Bertz CT molecular complexity index is 653. The molecule has 0 aliphatic carbocycles. The molecular formula is C13H18N4O2S. The molecule has 0 aliphatic rings. The maximum absolute atomic E-state index is 12.5. The lowest BCUT2D eigenvalue weighted by Crippen LogP contribution is -2.30. The van der Waals surface area contributed by atoms with Crippen LogP contribution in [0.15, 0.2) is 41.6 Å². The summed E-state index contributed by atoms with van der Waals surface area (Å²) in [6.45, 7) is 2.88. The molecule has 1 aromatic heterocycles. The minimum Gasteiger partial charge on any atom is -0.326 e. The highest BCUT2D eigenvalue weighted by molar-refractivity contribution is 7.89. The number of nitrogens with zero attached hydrogens (tertiary/aromatic N) is 2. The normalized spacial score (nSPS) is 11.9. The lowest BCUT2D eigenvalue weighted by atomic mass is 10.1. The second kappa shape index (κ2) is 6.17. The summed E-state index contributed by atoms with van der Waals surface area (Å²) in [6, 6.07) is 7.59. The van der Waals surface area contributed by atoms with Crippen LogP contribution in [0, 0.1) is 0 Å². The molecule has 7 heteroatoms. The monoisotopic (exact) mass is 294 g/mol. The molecule has 0 aliphatic heterocycles. The third-order valence-corrected chi connectivity index (χ3v) is 5.03. The number of H-pyrrole nitrogens is 1. The zero-order valence-electron chi connectivity index (χ0n) is 11.3. The van der Waals surface area contributed by atoms with Crippen molar-refractivity contribution in [2.24, 2.45) is 5.73 Å². The summed E-state index contributed by atoms with van der Waals surface area (Å²) in [5.41, 5.74) is 7.56. The van der Waals surface area contributed by atoms with Gasteiger partial charge in [0.25, 0.3) is 0 Å². The minimum absolute atomic E-state index is 0.171. The topological polar surface area (TPSA) is 92.1 Å². The van der Waals surface area contributed by atoms with Gasteiger partial charge in [-0.3, -0.25) is 5.10 Å². The molecule has 0 saturated heterocycles. The van der Waals surface area contributed by atoms with Crippen molar-refractivity contribution in [3.8, 4) is 0 Å². The van der Waals surface area contributed by atoms with Crippen molar-refractivity contribution in [3.63, 3.8) is 0 Å². The van der Waals surface area contributed by atoms with Gasteiger partial charge in [0.2, 0.25) is 10.0 Å². The molecule has 1 heterocycles. The molecule has 20 heavy (non-hydrogen) atoms. The van der Waals surface area contributed by atoms with E-state index in [0.717, 1.165) is 11.1 Å². The van der Waals surface area contributed by atoms with E-state index in [1.165, 1.54) is 16.7 Å². The third kappa shape index (κ3) is 2.90. The van der Waals surface area contributed by atoms with Gasteiger partial charge in [0.05, 0.1) is 6.20 Å². The first-order valence-corrected chi connectivity index (χ1v) is 7.79. The lowest BCUT2D eigenvalue weighted by molar-refractivity contribution is 0.422. The number of aromatic amines is 1. The Kier molecular flexibility index (Phi) is 4.53. The Hall–Kier alpha value is -1.70. The van der Waals surface area contributed by atoms with E-state index in [-0.39, 0.29) is 4.90 Å². The fraction of sp³-hybridized carbons (Fsp3) is 0.308. The quantitative estimate of drug-likeness (QED) is 0.834. The highest BCUT2D eigenvalue weighted by Gasteiger charge is 2.24. The molecule has 1 aromatic carbocycles. The molecule has 108 valence electrons. The first-order valence-electron chi connectivity index (χ1n) is 6.35. The standard InChI is InChI=1S/C13H18N4O2S/c1-2-17(20(18,19)13-8-15-16-9-13)10-12-6-4-3-5-11(12)7-14/h3-6,8-9H,2,7,10,14H2,1H3,(H,15,16). The molecule has 0 spiro atoms. The van der Waals surface area contributed by atoms with Crippen LogP contribution < -0.4 is 5.73 Å². The van der Waals surface area contributed by atoms with E-state index in [4.69, 9.17) is 5.73 Å². The molecule has 3 N–H and O–H groups in total. The van der Waals surface area contributed by atoms with E-state index in [2.05, 4.69) is 10.2 Å². The SMILES string of the molecule is CCN(Cc1ccccc1CN)S(=O)(=O)c1cn[nH]c1. The van der Waals surface area contributed by atoms with Crippen molar-refractivity contribution in [1.29, 1.82) is 0 Å². The number of sulfonamides is 1. The van der Waals surface area contributed by atoms with Crippen molar-refractivity contribution in [2.45, 2.75) is 24.9 Å². The Morgan fingerprint density at radius 1 is 1.30 bits per heavy atom. The number of aromatic nitrogens is 2. The largest absolute Gasteiger partial charge is 0.326 e. The van der Waals surface area contributed by atoms with Crippen LogP contribution in [0.4, 0.5) is 0 Å². The first-order chi connectivity index (χ1) is 9.59. The fourth-order valence-corrected chi connectivity index (χ4v) is 3.33. The summed E-state index contributed by atoms with van der Waals surface area (Å²) in [4.78, 5) is 0.171. The van der Waals surface area contributed by atoms with Gasteiger partial charge in [0.15, 0.2) is 0 Å². The van der Waals surface area contributed by atoms with Crippen molar-refractivity contribution in [1.82, 2.24) is 14.5 Å². The third-order valence-electron chi connectivity index (χ3n) is 3.15. The summed E-state index contributed by atoms with van der Waals surface area (Å²) < 4.78 is 26.3. The number of nitrogens with two attached hydrogens (primary N) is 1. The number of rotatable bonds is 6. The summed E-state index contributed by atoms with van der Waals surface area (Å²) in [5, 5.41) is 6.22. The van der Waals surface area contributed by atoms with Gasteiger partial charge < -0.3 is 5.73 Å². The molecule has 0 saturated carbocycles. The van der Waals surface area contributed by atoms with Crippen LogP contribution in [0.3, 0.4) is 0 Å². The van der Waals surface area contributed by atoms with Crippen LogP contribution in [-0.4, -0.2) is 29.5 Å². The Balaban J connectivity index is 2.30. The van der Waals surface area contributed by atoms with Crippen LogP contribution in [0.2, 0.25) is 0 Å². The van der Waals surface area contributed by atoms with Gasteiger partial charge in [-0.2, -0.15) is 9.40 Å². The molecule has 2 rings (SSSR count). The summed E-state index contributed by atoms with van der Waals surface area (Å²) in [6.07, 6.45) is 2.69.